The summed E-state index contributed by atoms with van der Waals surface area (Å²) in [5.74, 6) is 0.430. The Morgan fingerprint density at radius 3 is 2.50 bits per heavy atom. The van der Waals surface area contributed by atoms with E-state index >= 15 is 0 Å². The zero-order valence-corrected chi connectivity index (χ0v) is 11.6. The lowest BCUT2D eigenvalue weighted by Crippen LogP contribution is -2.38. The molecule has 0 radical (unpaired) electrons. The van der Waals surface area contributed by atoms with E-state index in [-0.39, 0.29) is 0 Å². The summed E-state index contributed by atoms with van der Waals surface area (Å²) >= 11 is 0. The van der Waals surface area contributed by atoms with E-state index in [0.717, 1.165) is 12.1 Å². The van der Waals surface area contributed by atoms with Gasteiger partial charge in [-0.2, -0.15) is 0 Å². The van der Waals surface area contributed by atoms with Gasteiger partial charge < -0.3 is 5.11 Å². The molecular weight excluding hydrogens is 222 g/mol. The SMILES string of the molecule is CCN(C1CCCCC1)C(C)c1ccccc1O. The van der Waals surface area contributed by atoms with Crippen LogP contribution in [0.4, 0.5) is 0 Å². The first-order valence-electron chi connectivity index (χ1n) is 7.27. The lowest BCUT2D eigenvalue weighted by Gasteiger charge is -2.38. The van der Waals surface area contributed by atoms with Gasteiger partial charge in [0.15, 0.2) is 0 Å². The first-order chi connectivity index (χ1) is 8.74. The number of benzene rings is 1. The molecule has 1 saturated carbocycles. The summed E-state index contributed by atoms with van der Waals surface area (Å²) in [7, 11) is 0. The predicted molar refractivity (Wildman–Crippen MR) is 75.8 cm³/mol. The minimum absolute atomic E-state index is 0.305. The van der Waals surface area contributed by atoms with E-state index in [1.54, 1.807) is 6.07 Å². The van der Waals surface area contributed by atoms with Crippen molar-refractivity contribution >= 4 is 0 Å². The number of nitrogens with zero attached hydrogens (tertiary/aromatic N) is 1. The highest BCUT2D eigenvalue weighted by Gasteiger charge is 2.25. The lowest BCUT2D eigenvalue weighted by atomic mass is 9.92. The molecule has 1 aromatic rings. The Kier molecular flexibility index (Phi) is 4.65. The molecule has 0 spiro atoms. The van der Waals surface area contributed by atoms with Crippen LogP contribution in [0.25, 0.3) is 0 Å². The van der Waals surface area contributed by atoms with Gasteiger partial charge in [0, 0.05) is 17.6 Å². The molecule has 0 saturated heterocycles. The number of hydrogen-bond donors (Lipinski definition) is 1. The van der Waals surface area contributed by atoms with E-state index < -0.39 is 0 Å². The molecular formula is C16H25NO. The van der Waals surface area contributed by atoms with Crippen molar-refractivity contribution in [3.8, 4) is 5.75 Å². The summed E-state index contributed by atoms with van der Waals surface area (Å²) in [6.45, 7) is 5.50. The maximum Gasteiger partial charge on any atom is 0.120 e. The Bertz CT molecular complexity index is 371. The Morgan fingerprint density at radius 2 is 1.89 bits per heavy atom. The second-order valence-corrected chi connectivity index (χ2v) is 5.36. The van der Waals surface area contributed by atoms with Crippen LogP contribution in [0.5, 0.6) is 5.75 Å². The maximum atomic E-state index is 10.00. The van der Waals surface area contributed by atoms with E-state index in [2.05, 4.69) is 18.7 Å². The van der Waals surface area contributed by atoms with Crippen LogP contribution in [0.15, 0.2) is 24.3 Å². The molecule has 18 heavy (non-hydrogen) atoms. The van der Waals surface area contributed by atoms with Crippen LogP contribution in [-0.4, -0.2) is 22.6 Å². The third-order valence-corrected chi connectivity index (χ3v) is 4.29. The molecule has 1 unspecified atom stereocenters. The summed E-state index contributed by atoms with van der Waals surface area (Å²) in [5.41, 5.74) is 1.06. The van der Waals surface area contributed by atoms with Crippen LogP contribution >= 0.6 is 0 Å². The first-order valence-corrected chi connectivity index (χ1v) is 7.27. The number of phenolic OH excluding ortho intramolecular Hbond substituents is 1. The minimum Gasteiger partial charge on any atom is -0.508 e. The van der Waals surface area contributed by atoms with Gasteiger partial charge in [-0.25, -0.2) is 0 Å². The lowest BCUT2D eigenvalue weighted by molar-refractivity contribution is 0.118. The van der Waals surface area contributed by atoms with E-state index in [1.807, 2.05) is 18.2 Å². The van der Waals surface area contributed by atoms with Crippen LogP contribution in [0.1, 0.15) is 57.6 Å². The van der Waals surface area contributed by atoms with Gasteiger partial charge in [-0.15, -0.1) is 0 Å². The fraction of sp³-hybridized carbons (Fsp3) is 0.625. The fourth-order valence-electron chi connectivity index (χ4n) is 3.28. The van der Waals surface area contributed by atoms with E-state index in [9.17, 15) is 5.11 Å². The van der Waals surface area contributed by atoms with Crippen LogP contribution < -0.4 is 0 Å². The van der Waals surface area contributed by atoms with Crippen LogP contribution in [0.2, 0.25) is 0 Å². The molecule has 1 N–H and O–H groups in total. The first kappa shape index (κ1) is 13.4. The van der Waals surface area contributed by atoms with Crippen molar-refractivity contribution in [2.24, 2.45) is 0 Å². The van der Waals surface area contributed by atoms with Gasteiger partial charge in [-0.1, -0.05) is 44.4 Å². The van der Waals surface area contributed by atoms with Crippen molar-refractivity contribution in [1.82, 2.24) is 4.90 Å². The fourth-order valence-corrected chi connectivity index (χ4v) is 3.28. The van der Waals surface area contributed by atoms with E-state index in [4.69, 9.17) is 0 Å². The van der Waals surface area contributed by atoms with Gasteiger partial charge in [0.1, 0.15) is 5.75 Å². The largest absolute Gasteiger partial charge is 0.508 e. The number of rotatable bonds is 4. The highest BCUT2D eigenvalue weighted by molar-refractivity contribution is 5.34. The van der Waals surface area contributed by atoms with Gasteiger partial charge in [-0.3, -0.25) is 4.90 Å². The molecule has 1 fully saturated rings. The molecule has 0 amide bonds. The zero-order valence-electron chi connectivity index (χ0n) is 11.6. The summed E-state index contributed by atoms with van der Waals surface area (Å²) in [5, 5.41) is 10.00. The van der Waals surface area contributed by atoms with Crippen molar-refractivity contribution < 1.29 is 5.11 Å². The Balaban J connectivity index is 2.14. The maximum absolute atomic E-state index is 10.00. The third-order valence-electron chi connectivity index (χ3n) is 4.29. The van der Waals surface area contributed by atoms with Crippen molar-refractivity contribution in [3.05, 3.63) is 29.8 Å². The topological polar surface area (TPSA) is 23.5 Å². The summed E-state index contributed by atoms with van der Waals surface area (Å²) in [6.07, 6.45) is 6.72. The Morgan fingerprint density at radius 1 is 1.22 bits per heavy atom. The van der Waals surface area contributed by atoms with Crippen LogP contribution in [-0.2, 0) is 0 Å². The third kappa shape index (κ3) is 2.86. The van der Waals surface area contributed by atoms with Gasteiger partial charge in [0.05, 0.1) is 0 Å². The van der Waals surface area contributed by atoms with E-state index in [0.29, 0.717) is 17.8 Å². The molecule has 0 aromatic heterocycles. The Labute approximate surface area is 111 Å². The van der Waals surface area contributed by atoms with Crippen molar-refractivity contribution in [1.29, 1.82) is 0 Å². The number of para-hydroxylation sites is 1. The molecule has 0 bridgehead atoms. The van der Waals surface area contributed by atoms with Crippen molar-refractivity contribution in [3.63, 3.8) is 0 Å². The van der Waals surface area contributed by atoms with E-state index in [1.165, 1.54) is 32.1 Å². The normalized spacial score (nSPS) is 19.1. The highest BCUT2D eigenvalue weighted by Crippen LogP contribution is 2.33. The molecule has 1 aliphatic carbocycles. The number of phenols is 1. The van der Waals surface area contributed by atoms with Crippen LogP contribution in [0.3, 0.4) is 0 Å². The summed E-state index contributed by atoms with van der Waals surface area (Å²) < 4.78 is 0. The second-order valence-electron chi connectivity index (χ2n) is 5.36. The quantitative estimate of drug-likeness (QED) is 0.865. The van der Waals surface area contributed by atoms with Crippen LogP contribution in [0, 0.1) is 0 Å². The van der Waals surface area contributed by atoms with Crippen molar-refractivity contribution in [2.45, 2.75) is 58.0 Å². The molecule has 0 heterocycles. The average Bonchev–Trinajstić information content (AvgIpc) is 2.41. The molecule has 1 aliphatic rings. The monoisotopic (exact) mass is 247 g/mol. The second kappa shape index (κ2) is 6.24. The van der Waals surface area contributed by atoms with Gasteiger partial charge in [-0.05, 0) is 32.4 Å². The molecule has 1 atom stereocenters. The molecule has 100 valence electrons. The smallest absolute Gasteiger partial charge is 0.120 e. The number of aromatic hydroxyl groups is 1. The molecule has 2 nitrogen and oxygen atoms in total. The Hall–Kier alpha value is -1.02. The predicted octanol–water partition coefficient (Wildman–Crippen LogP) is 4.11. The zero-order chi connectivity index (χ0) is 13.0. The average molecular weight is 247 g/mol. The summed E-state index contributed by atoms with van der Waals surface area (Å²) in [4.78, 5) is 2.55. The minimum atomic E-state index is 0.305. The highest BCUT2D eigenvalue weighted by atomic mass is 16.3. The van der Waals surface area contributed by atoms with Gasteiger partial charge in [0.25, 0.3) is 0 Å². The standard InChI is InChI=1S/C16H25NO/c1-3-17(14-9-5-4-6-10-14)13(2)15-11-7-8-12-16(15)18/h7-8,11-14,18H,3-6,9-10H2,1-2H3. The molecule has 1 aromatic carbocycles. The summed E-state index contributed by atoms with van der Waals surface area (Å²) in [6, 6.07) is 8.74. The number of hydrogen-bond acceptors (Lipinski definition) is 2. The van der Waals surface area contributed by atoms with Gasteiger partial charge in [0.2, 0.25) is 0 Å². The molecule has 2 rings (SSSR count). The molecule has 0 aliphatic heterocycles. The van der Waals surface area contributed by atoms with Crippen molar-refractivity contribution in [2.75, 3.05) is 6.54 Å². The van der Waals surface area contributed by atoms with Gasteiger partial charge >= 0.3 is 0 Å². The molecule has 2 heteroatoms.